The maximum Gasteiger partial charge on any atom is 0.356 e. The predicted molar refractivity (Wildman–Crippen MR) is 76.0 cm³/mol. The van der Waals surface area contributed by atoms with E-state index in [1.807, 2.05) is 0 Å². The van der Waals surface area contributed by atoms with E-state index in [9.17, 15) is 13.2 Å². The normalized spacial score (nSPS) is 11.8. The second-order valence-corrected chi connectivity index (χ2v) is 6.38. The van der Waals surface area contributed by atoms with Crippen LogP contribution in [-0.2, 0) is 10.0 Å². The lowest BCUT2D eigenvalue weighted by Crippen LogP contribution is -2.31. The van der Waals surface area contributed by atoms with Crippen molar-refractivity contribution in [3.05, 3.63) is 42.2 Å². The van der Waals surface area contributed by atoms with E-state index in [1.165, 1.54) is 23.0 Å². The average molecular weight is 309 g/mol. The molecule has 0 saturated heterocycles. The van der Waals surface area contributed by atoms with Gasteiger partial charge in [-0.25, -0.2) is 22.6 Å². The summed E-state index contributed by atoms with van der Waals surface area (Å²) >= 11 is 0. The number of aromatic carboxylic acids is 1. The molecule has 0 fully saturated rings. The van der Waals surface area contributed by atoms with Gasteiger partial charge in [0.2, 0.25) is 10.0 Å². The van der Waals surface area contributed by atoms with Gasteiger partial charge in [0.1, 0.15) is 4.90 Å². The molecule has 0 aliphatic rings. The summed E-state index contributed by atoms with van der Waals surface area (Å²) in [6.45, 7) is 3.44. The standard InChI is InChI=1S/C13H15N3O4S/c1-9(2)15-21(19,20)12-6-4-3-5-11(12)16-8-7-10(14-16)13(17)18/h3-9,15H,1-2H3,(H,17,18). The summed E-state index contributed by atoms with van der Waals surface area (Å²) in [6, 6.07) is 7.32. The molecule has 1 aromatic carbocycles. The lowest BCUT2D eigenvalue weighted by Gasteiger charge is -2.13. The van der Waals surface area contributed by atoms with Gasteiger partial charge in [-0.2, -0.15) is 5.10 Å². The van der Waals surface area contributed by atoms with Crippen LogP contribution in [0, 0.1) is 0 Å². The topological polar surface area (TPSA) is 101 Å². The Morgan fingerprint density at radius 2 is 1.95 bits per heavy atom. The van der Waals surface area contributed by atoms with Gasteiger partial charge < -0.3 is 5.11 Å². The van der Waals surface area contributed by atoms with Crippen molar-refractivity contribution in [1.29, 1.82) is 0 Å². The first-order chi connectivity index (χ1) is 9.81. The van der Waals surface area contributed by atoms with E-state index < -0.39 is 16.0 Å². The highest BCUT2D eigenvalue weighted by Gasteiger charge is 2.21. The summed E-state index contributed by atoms with van der Waals surface area (Å²) in [5.74, 6) is -1.17. The number of hydrogen-bond donors (Lipinski definition) is 2. The molecule has 0 radical (unpaired) electrons. The molecule has 2 N–H and O–H groups in total. The van der Waals surface area contributed by atoms with Crippen molar-refractivity contribution in [1.82, 2.24) is 14.5 Å². The van der Waals surface area contributed by atoms with Gasteiger partial charge in [0, 0.05) is 12.2 Å². The highest BCUT2D eigenvalue weighted by molar-refractivity contribution is 7.89. The van der Waals surface area contributed by atoms with Crippen molar-refractivity contribution in [2.24, 2.45) is 0 Å². The van der Waals surface area contributed by atoms with Crippen LogP contribution >= 0.6 is 0 Å². The lowest BCUT2D eigenvalue weighted by atomic mass is 10.3. The molecule has 2 rings (SSSR count). The largest absolute Gasteiger partial charge is 0.476 e. The number of sulfonamides is 1. The third-order valence-electron chi connectivity index (χ3n) is 2.60. The van der Waals surface area contributed by atoms with E-state index >= 15 is 0 Å². The zero-order valence-corrected chi connectivity index (χ0v) is 12.3. The number of benzene rings is 1. The second kappa shape index (κ2) is 5.66. The van der Waals surface area contributed by atoms with E-state index in [-0.39, 0.29) is 22.3 Å². The molecular formula is C13H15N3O4S. The summed E-state index contributed by atoms with van der Waals surface area (Å²) in [6.07, 6.45) is 1.41. The van der Waals surface area contributed by atoms with Crippen LogP contribution in [-0.4, -0.2) is 35.3 Å². The van der Waals surface area contributed by atoms with Gasteiger partial charge >= 0.3 is 5.97 Å². The number of carboxylic acid groups (broad SMARTS) is 1. The minimum atomic E-state index is -3.71. The Balaban J connectivity index is 2.53. The molecule has 1 heterocycles. The van der Waals surface area contributed by atoms with E-state index in [1.54, 1.807) is 32.0 Å². The zero-order valence-electron chi connectivity index (χ0n) is 11.5. The first kappa shape index (κ1) is 15.2. The molecule has 0 aliphatic carbocycles. The number of rotatable bonds is 5. The van der Waals surface area contributed by atoms with Crippen molar-refractivity contribution in [2.45, 2.75) is 24.8 Å². The summed E-state index contributed by atoms with van der Waals surface area (Å²) in [5, 5.41) is 12.7. The van der Waals surface area contributed by atoms with Gasteiger partial charge in [0.25, 0.3) is 0 Å². The van der Waals surface area contributed by atoms with Crippen LogP contribution in [0.25, 0.3) is 5.69 Å². The summed E-state index contributed by atoms with van der Waals surface area (Å²) in [5.41, 5.74) is 0.136. The Labute approximate surface area is 122 Å². The molecule has 1 aromatic heterocycles. The Morgan fingerprint density at radius 1 is 1.29 bits per heavy atom. The van der Waals surface area contributed by atoms with Crippen molar-refractivity contribution in [2.75, 3.05) is 0 Å². The highest BCUT2D eigenvalue weighted by atomic mass is 32.2. The molecule has 8 heteroatoms. The highest BCUT2D eigenvalue weighted by Crippen LogP contribution is 2.19. The van der Waals surface area contributed by atoms with Crippen LogP contribution in [0.4, 0.5) is 0 Å². The molecule has 0 atom stereocenters. The fourth-order valence-electron chi connectivity index (χ4n) is 1.82. The molecule has 0 aliphatic heterocycles. The molecule has 7 nitrogen and oxygen atoms in total. The SMILES string of the molecule is CC(C)NS(=O)(=O)c1ccccc1-n1ccc(C(=O)O)n1. The molecule has 0 amide bonds. The van der Waals surface area contributed by atoms with Gasteiger partial charge in [-0.1, -0.05) is 12.1 Å². The number of hydrogen-bond acceptors (Lipinski definition) is 4. The fraction of sp³-hybridized carbons (Fsp3) is 0.231. The van der Waals surface area contributed by atoms with Gasteiger partial charge in [-0.3, -0.25) is 0 Å². The molecule has 2 aromatic rings. The Kier molecular flexibility index (Phi) is 4.10. The predicted octanol–water partition coefficient (Wildman–Crippen LogP) is 1.26. The monoisotopic (exact) mass is 309 g/mol. The van der Waals surface area contributed by atoms with Crippen LogP contribution < -0.4 is 4.72 Å². The molecule has 0 unspecified atom stereocenters. The molecule has 0 spiro atoms. The molecule has 0 bridgehead atoms. The smallest absolute Gasteiger partial charge is 0.356 e. The number of carboxylic acids is 1. The van der Waals surface area contributed by atoms with Crippen molar-refractivity contribution in [3.63, 3.8) is 0 Å². The molecule has 0 saturated carbocycles. The Hall–Kier alpha value is -2.19. The zero-order chi connectivity index (χ0) is 15.6. The maximum absolute atomic E-state index is 12.3. The van der Waals surface area contributed by atoms with Crippen molar-refractivity contribution < 1.29 is 18.3 Å². The number of nitrogens with one attached hydrogen (secondary N) is 1. The minimum Gasteiger partial charge on any atom is -0.476 e. The molecular weight excluding hydrogens is 294 g/mol. The number of carbonyl (C=O) groups is 1. The van der Waals surface area contributed by atoms with Crippen LogP contribution in [0.5, 0.6) is 0 Å². The number of aromatic nitrogens is 2. The first-order valence-electron chi connectivity index (χ1n) is 6.22. The van der Waals surface area contributed by atoms with E-state index in [0.717, 1.165) is 0 Å². The fourth-order valence-corrected chi connectivity index (χ4v) is 3.26. The van der Waals surface area contributed by atoms with E-state index in [4.69, 9.17) is 5.11 Å². The van der Waals surface area contributed by atoms with Crippen LogP contribution in [0.2, 0.25) is 0 Å². The van der Waals surface area contributed by atoms with Gasteiger partial charge in [0.05, 0.1) is 5.69 Å². The lowest BCUT2D eigenvalue weighted by molar-refractivity contribution is 0.0690. The van der Waals surface area contributed by atoms with Crippen molar-refractivity contribution >= 4 is 16.0 Å². The number of para-hydroxylation sites is 1. The summed E-state index contributed by atoms with van der Waals surface area (Å²) in [4.78, 5) is 10.9. The minimum absolute atomic E-state index is 0.0405. The maximum atomic E-state index is 12.3. The van der Waals surface area contributed by atoms with E-state index in [2.05, 4.69) is 9.82 Å². The molecule has 21 heavy (non-hydrogen) atoms. The van der Waals surface area contributed by atoms with Crippen LogP contribution in [0.1, 0.15) is 24.3 Å². The van der Waals surface area contributed by atoms with Gasteiger partial charge in [0.15, 0.2) is 5.69 Å². The number of nitrogens with zero attached hydrogens (tertiary/aromatic N) is 2. The summed E-state index contributed by atoms with van der Waals surface area (Å²) < 4.78 is 28.3. The third kappa shape index (κ3) is 3.29. The van der Waals surface area contributed by atoms with Gasteiger partial charge in [-0.05, 0) is 32.0 Å². The van der Waals surface area contributed by atoms with E-state index in [0.29, 0.717) is 0 Å². The van der Waals surface area contributed by atoms with Crippen molar-refractivity contribution in [3.8, 4) is 5.69 Å². The Bertz CT molecular complexity index is 765. The van der Waals surface area contributed by atoms with Gasteiger partial charge in [-0.15, -0.1) is 0 Å². The Morgan fingerprint density at radius 3 is 2.52 bits per heavy atom. The quantitative estimate of drug-likeness (QED) is 0.865. The van der Waals surface area contributed by atoms with Crippen LogP contribution in [0.3, 0.4) is 0 Å². The molecule has 112 valence electrons. The second-order valence-electron chi connectivity index (χ2n) is 4.69. The average Bonchev–Trinajstić information content (AvgIpc) is 2.87. The van der Waals surface area contributed by atoms with Crippen LogP contribution in [0.15, 0.2) is 41.4 Å². The third-order valence-corrected chi connectivity index (χ3v) is 4.31. The first-order valence-corrected chi connectivity index (χ1v) is 7.70. The summed E-state index contributed by atoms with van der Waals surface area (Å²) in [7, 11) is -3.71.